The Morgan fingerprint density at radius 3 is 2.60 bits per heavy atom. The number of alkyl carbamates (subject to hydrolysis) is 1. The van der Waals surface area contributed by atoms with Crippen molar-refractivity contribution >= 4 is 23.0 Å². The molecule has 2 N–H and O–H groups in total. The molecule has 7 nitrogen and oxygen atoms in total. The summed E-state index contributed by atoms with van der Waals surface area (Å²) in [6.07, 6.45) is 0.00120. The number of nitrogens with zero attached hydrogens (tertiary/aromatic N) is 2. The first-order chi connectivity index (χ1) is 11.7. The molecule has 7 heteroatoms. The van der Waals surface area contributed by atoms with Gasteiger partial charge in [0.15, 0.2) is 0 Å². The van der Waals surface area contributed by atoms with E-state index < -0.39 is 17.7 Å². The number of benzene rings is 1. The third kappa shape index (κ3) is 5.20. The van der Waals surface area contributed by atoms with E-state index in [0.717, 1.165) is 16.9 Å². The summed E-state index contributed by atoms with van der Waals surface area (Å²) in [6.45, 7) is 7.38. The predicted molar refractivity (Wildman–Crippen MR) is 96.3 cm³/mol. The number of para-hydroxylation sites is 2. The molecule has 1 aromatic carbocycles. The standard InChI is InChI=1S/C18H26N4O3/c1-12(20-17(24)25-18(2,3)4)16(23)19-11-10-15-21-13-8-6-7-9-14(13)22(15)5/h6-9,12H,10-11H2,1-5H3,(H,19,23)(H,20,24)/t12-/m1/s1. The number of aryl methyl sites for hydroxylation is 1. The Hall–Kier alpha value is -2.57. The summed E-state index contributed by atoms with van der Waals surface area (Å²) in [6, 6.07) is 7.22. The van der Waals surface area contributed by atoms with Crippen molar-refractivity contribution in [2.45, 2.75) is 45.8 Å². The first kappa shape index (κ1) is 18.8. The Morgan fingerprint density at radius 2 is 1.96 bits per heavy atom. The third-order valence-electron chi connectivity index (χ3n) is 3.65. The number of aromatic nitrogens is 2. The molecule has 2 rings (SSSR count). The molecule has 0 aliphatic carbocycles. The molecule has 1 heterocycles. The second kappa shape index (κ2) is 7.55. The number of imidazole rings is 1. The number of amides is 2. The SMILES string of the molecule is C[C@@H](NC(=O)OC(C)(C)C)C(=O)NCCc1nc2ccccc2n1C. The van der Waals surface area contributed by atoms with Crippen molar-refractivity contribution < 1.29 is 14.3 Å². The van der Waals surface area contributed by atoms with Gasteiger partial charge >= 0.3 is 6.09 Å². The summed E-state index contributed by atoms with van der Waals surface area (Å²) in [4.78, 5) is 28.3. The van der Waals surface area contributed by atoms with Crippen molar-refractivity contribution in [1.29, 1.82) is 0 Å². The third-order valence-corrected chi connectivity index (χ3v) is 3.65. The molecule has 0 radical (unpaired) electrons. The van der Waals surface area contributed by atoms with E-state index in [0.29, 0.717) is 13.0 Å². The molecule has 136 valence electrons. The van der Waals surface area contributed by atoms with Crippen LogP contribution in [0.3, 0.4) is 0 Å². The number of nitrogens with one attached hydrogen (secondary N) is 2. The minimum atomic E-state index is -0.671. The Kier molecular flexibility index (Phi) is 5.66. The van der Waals surface area contributed by atoms with Gasteiger partial charge in [0.25, 0.3) is 0 Å². The number of hydrogen-bond acceptors (Lipinski definition) is 4. The topological polar surface area (TPSA) is 85.2 Å². The van der Waals surface area contributed by atoms with E-state index in [9.17, 15) is 9.59 Å². The fraction of sp³-hybridized carbons (Fsp3) is 0.500. The zero-order valence-electron chi connectivity index (χ0n) is 15.4. The van der Waals surface area contributed by atoms with Crippen LogP contribution in [0.25, 0.3) is 11.0 Å². The zero-order chi connectivity index (χ0) is 18.6. The largest absolute Gasteiger partial charge is 0.444 e. The highest BCUT2D eigenvalue weighted by atomic mass is 16.6. The van der Waals surface area contributed by atoms with E-state index in [-0.39, 0.29) is 5.91 Å². The summed E-state index contributed by atoms with van der Waals surface area (Å²) in [5, 5.41) is 5.33. The van der Waals surface area contributed by atoms with Gasteiger partial charge in [-0.1, -0.05) is 12.1 Å². The molecule has 1 aromatic heterocycles. The molecule has 0 saturated carbocycles. The van der Waals surface area contributed by atoms with Crippen molar-refractivity contribution in [2.75, 3.05) is 6.54 Å². The first-order valence-electron chi connectivity index (χ1n) is 8.35. The van der Waals surface area contributed by atoms with Gasteiger partial charge in [0.2, 0.25) is 5.91 Å². The van der Waals surface area contributed by atoms with Gasteiger partial charge in [-0.15, -0.1) is 0 Å². The number of rotatable bonds is 5. The highest BCUT2D eigenvalue weighted by Crippen LogP contribution is 2.14. The van der Waals surface area contributed by atoms with Crippen LogP contribution in [-0.2, 0) is 23.0 Å². The molecule has 2 aromatic rings. The predicted octanol–water partition coefficient (Wildman–Crippen LogP) is 2.15. The number of ether oxygens (including phenoxy) is 1. The Labute approximate surface area is 147 Å². The van der Waals surface area contributed by atoms with Gasteiger partial charge < -0.3 is 19.9 Å². The molecule has 0 saturated heterocycles. The lowest BCUT2D eigenvalue weighted by atomic mass is 10.2. The van der Waals surface area contributed by atoms with Crippen molar-refractivity contribution in [2.24, 2.45) is 7.05 Å². The van der Waals surface area contributed by atoms with E-state index in [2.05, 4.69) is 15.6 Å². The van der Waals surface area contributed by atoms with Crippen LogP contribution in [0.2, 0.25) is 0 Å². The maximum Gasteiger partial charge on any atom is 0.408 e. The minimum absolute atomic E-state index is 0.260. The van der Waals surface area contributed by atoms with Crippen LogP contribution in [-0.4, -0.2) is 39.7 Å². The number of carbonyl (C=O) groups is 2. The monoisotopic (exact) mass is 346 g/mol. The molecule has 0 fully saturated rings. The fourth-order valence-electron chi connectivity index (χ4n) is 2.42. The second-order valence-electron chi connectivity index (χ2n) is 6.98. The second-order valence-corrected chi connectivity index (χ2v) is 6.98. The van der Waals surface area contributed by atoms with Crippen LogP contribution >= 0.6 is 0 Å². The molecule has 0 aliphatic heterocycles. The summed E-state index contributed by atoms with van der Waals surface area (Å²) >= 11 is 0. The van der Waals surface area contributed by atoms with E-state index in [1.165, 1.54) is 0 Å². The summed E-state index contributed by atoms with van der Waals surface area (Å²) in [5.74, 6) is 0.638. The van der Waals surface area contributed by atoms with Crippen LogP contribution in [0, 0.1) is 0 Å². The van der Waals surface area contributed by atoms with Crippen LogP contribution < -0.4 is 10.6 Å². The molecular formula is C18H26N4O3. The zero-order valence-corrected chi connectivity index (χ0v) is 15.4. The minimum Gasteiger partial charge on any atom is -0.444 e. The summed E-state index contributed by atoms with van der Waals surface area (Å²) in [5.41, 5.74) is 1.40. The molecule has 0 bridgehead atoms. The van der Waals surface area contributed by atoms with E-state index in [1.807, 2.05) is 35.9 Å². The van der Waals surface area contributed by atoms with Crippen molar-refractivity contribution in [1.82, 2.24) is 20.2 Å². The van der Waals surface area contributed by atoms with E-state index in [1.54, 1.807) is 27.7 Å². The lowest BCUT2D eigenvalue weighted by Gasteiger charge is -2.21. The van der Waals surface area contributed by atoms with E-state index in [4.69, 9.17) is 4.74 Å². The Bertz CT molecular complexity index is 761. The Balaban J connectivity index is 1.83. The number of carbonyl (C=O) groups excluding carboxylic acids is 2. The molecule has 2 amide bonds. The molecule has 25 heavy (non-hydrogen) atoms. The average Bonchev–Trinajstić information content (AvgIpc) is 2.82. The smallest absolute Gasteiger partial charge is 0.408 e. The van der Waals surface area contributed by atoms with Crippen molar-refractivity contribution in [3.8, 4) is 0 Å². The highest BCUT2D eigenvalue weighted by molar-refractivity contribution is 5.85. The van der Waals surface area contributed by atoms with Crippen LogP contribution in [0.1, 0.15) is 33.5 Å². The maximum absolute atomic E-state index is 12.1. The normalized spacial score (nSPS) is 12.7. The molecule has 0 spiro atoms. The van der Waals surface area contributed by atoms with Gasteiger partial charge in [0.05, 0.1) is 11.0 Å². The van der Waals surface area contributed by atoms with Crippen LogP contribution in [0.4, 0.5) is 4.79 Å². The van der Waals surface area contributed by atoms with Crippen molar-refractivity contribution in [3.05, 3.63) is 30.1 Å². The lowest BCUT2D eigenvalue weighted by molar-refractivity contribution is -0.122. The average molecular weight is 346 g/mol. The van der Waals surface area contributed by atoms with Gasteiger partial charge in [0.1, 0.15) is 17.5 Å². The van der Waals surface area contributed by atoms with Gasteiger partial charge in [-0.05, 0) is 39.8 Å². The van der Waals surface area contributed by atoms with Crippen molar-refractivity contribution in [3.63, 3.8) is 0 Å². The lowest BCUT2D eigenvalue weighted by Crippen LogP contribution is -2.46. The maximum atomic E-state index is 12.1. The first-order valence-corrected chi connectivity index (χ1v) is 8.35. The fourth-order valence-corrected chi connectivity index (χ4v) is 2.42. The van der Waals surface area contributed by atoms with Gasteiger partial charge in [-0.25, -0.2) is 9.78 Å². The van der Waals surface area contributed by atoms with Crippen LogP contribution in [0.15, 0.2) is 24.3 Å². The number of hydrogen-bond donors (Lipinski definition) is 2. The number of fused-ring (bicyclic) bond motifs is 1. The van der Waals surface area contributed by atoms with Gasteiger partial charge in [0, 0.05) is 20.0 Å². The summed E-state index contributed by atoms with van der Waals surface area (Å²) < 4.78 is 7.16. The van der Waals surface area contributed by atoms with Crippen LogP contribution in [0.5, 0.6) is 0 Å². The highest BCUT2D eigenvalue weighted by Gasteiger charge is 2.20. The molecular weight excluding hydrogens is 320 g/mol. The molecule has 1 atom stereocenters. The molecule has 0 unspecified atom stereocenters. The quantitative estimate of drug-likeness (QED) is 0.869. The van der Waals surface area contributed by atoms with E-state index >= 15 is 0 Å². The molecule has 0 aliphatic rings. The van der Waals surface area contributed by atoms with Gasteiger partial charge in [-0.2, -0.15) is 0 Å². The van der Waals surface area contributed by atoms with Gasteiger partial charge in [-0.3, -0.25) is 4.79 Å². The summed E-state index contributed by atoms with van der Waals surface area (Å²) in [7, 11) is 1.96. The Morgan fingerprint density at radius 1 is 1.28 bits per heavy atom.